The molecule has 4 saturated heterocycles. The van der Waals surface area contributed by atoms with Crippen LogP contribution in [0.25, 0.3) is 0 Å². The molecule has 4 fully saturated rings. The lowest BCUT2D eigenvalue weighted by Crippen LogP contribution is -2.72. The molecule has 0 saturated carbocycles. The number of nitrogens with one attached hydrogen (secondary N) is 1. The Morgan fingerprint density at radius 2 is 1.97 bits per heavy atom. The number of carbonyl (C=O) groups excluding carboxylic acids is 2. The van der Waals surface area contributed by atoms with E-state index in [-0.39, 0.29) is 54.4 Å². The molecular formula is C26H37N3O9. The predicted molar refractivity (Wildman–Crippen MR) is 130 cm³/mol. The Hall–Kier alpha value is -1.74. The average molecular weight is 536 g/mol. The standard InChI is InChI=1S/C26H37N3O9/c1-10-20(30)12-7-15-19-13(25(32)33)6-14(27-19)24-29(15)16(18(12)21(31)22(10)35-5)9-36-17-8-26(34,38-24)23(28(3)4)11(2)37-17/h11,13-17,19,23-25,27,32-34H,6-9H2,1-5H3/t11?,13-,14+,15+,16+,17?,19-,23?,24+,26-/m1/s1. The van der Waals surface area contributed by atoms with Crippen LogP contribution in [0.15, 0.2) is 22.5 Å². The van der Waals surface area contributed by atoms with Gasteiger partial charge in [-0.05, 0) is 40.8 Å². The van der Waals surface area contributed by atoms with Gasteiger partial charge in [-0.15, -0.1) is 0 Å². The van der Waals surface area contributed by atoms with Crippen LogP contribution in [0.2, 0.25) is 0 Å². The van der Waals surface area contributed by atoms with Crippen molar-refractivity contribution < 1.29 is 43.9 Å². The molecule has 0 amide bonds. The Bertz CT molecular complexity index is 1110. The molecule has 0 spiro atoms. The number of piperazine rings is 1. The van der Waals surface area contributed by atoms with E-state index in [0.717, 1.165) is 0 Å². The molecule has 5 heterocycles. The number of aliphatic hydroxyl groups excluding tert-OH is 1. The second kappa shape index (κ2) is 9.15. The van der Waals surface area contributed by atoms with Crippen LogP contribution in [-0.4, -0.2) is 125 Å². The van der Waals surface area contributed by atoms with Crippen LogP contribution in [0, 0.1) is 5.92 Å². The number of fused-ring (bicyclic) bond motifs is 7. The number of methoxy groups -OCH3 is 1. The molecule has 6 rings (SSSR count). The first-order valence-electron chi connectivity index (χ1n) is 13.3. The average Bonchev–Trinajstić information content (AvgIpc) is 3.25. The first-order valence-corrected chi connectivity index (χ1v) is 13.3. The van der Waals surface area contributed by atoms with Gasteiger partial charge in [-0.2, -0.15) is 0 Å². The second-order valence-corrected chi connectivity index (χ2v) is 11.6. The molecule has 0 aromatic heterocycles. The maximum atomic E-state index is 13.7. The Morgan fingerprint density at radius 1 is 1.24 bits per heavy atom. The van der Waals surface area contributed by atoms with Crippen LogP contribution in [0.4, 0.5) is 0 Å². The van der Waals surface area contributed by atoms with Crippen LogP contribution < -0.4 is 5.32 Å². The molecule has 10 atom stereocenters. The van der Waals surface area contributed by atoms with Gasteiger partial charge in [-0.25, -0.2) is 0 Å². The highest BCUT2D eigenvalue weighted by atomic mass is 16.7. The SMILES string of the molecule is COC1=C(C)C(=O)C2=C(C1=O)[C@@H]1COC3C[C@@](O)(O[C@H]4[C@@H]5C[C@@H](C(O)O)[C@@H](N5)[C@H](C2)N14)C(N(C)C)C(C)O3. The summed E-state index contributed by atoms with van der Waals surface area (Å²) in [6.07, 6.45) is -2.89. The minimum atomic E-state index is -1.66. The molecule has 0 aromatic carbocycles. The number of hydrogen-bond acceptors (Lipinski definition) is 12. The number of carbonyl (C=O) groups is 2. The molecule has 4 N–H and O–H groups in total. The number of hydrogen-bond donors (Lipinski definition) is 4. The number of nitrogens with zero attached hydrogens (tertiary/aromatic N) is 2. The van der Waals surface area contributed by atoms with Crippen molar-refractivity contribution in [1.29, 1.82) is 0 Å². The minimum absolute atomic E-state index is 0.0150. The Balaban J connectivity index is 1.50. The number of allylic oxidation sites excluding steroid dienone is 2. The maximum absolute atomic E-state index is 13.7. The van der Waals surface area contributed by atoms with Crippen molar-refractivity contribution in [3.8, 4) is 0 Å². The fourth-order valence-corrected chi connectivity index (χ4v) is 7.89. The van der Waals surface area contributed by atoms with E-state index in [1.54, 1.807) is 6.92 Å². The van der Waals surface area contributed by atoms with Gasteiger partial charge < -0.3 is 39.6 Å². The Labute approximate surface area is 221 Å². The van der Waals surface area contributed by atoms with Crippen molar-refractivity contribution in [1.82, 2.24) is 15.1 Å². The van der Waals surface area contributed by atoms with Gasteiger partial charge in [0, 0.05) is 40.8 Å². The van der Waals surface area contributed by atoms with Gasteiger partial charge >= 0.3 is 0 Å². The van der Waals surface area contributed by atoms with Gasteiger partial charge in [0.2, 0.25) is 5.78 Å². The van der Waals surface area contributed by atoms with Crippen LogP contribution in [0.3, 0.4) is 0 Å². The zero-order chi connectivity index (χ0) is 27.3. The van der Waals surface area contributed by atoms with Crippen molar-refractivity contribution >= 4 is 11.6 Å². The fraction of sp³-hybridized carbons (Fsp3) is 0.769. The van der Waals surface area contributed by atoms with Crippen molar-refractivity contribution in [2.45, 2.75) is 94.0 Å². The summed E-state index contributed by atoms with van der Waals surface area (Å²) >= 11 is 0. The third-order valence-electron chi connectivity index (χ3n) is 9.31. The number of Topliss-reactive ketones (excluding diaryl/α,β-unsaturated/α-hetero) is 2. The highest BCUT2D eigenvalue weighted by Crippen LogP contribution is 2.48. The summed E-state index contributed by atoms with van der Waals surface area (Å²) in [4.78, 5) is 31.1. The molecular weight excluding hydrogens is 498 g/mol. The molecule has 4 bridgehead atoms. The van der Waals surface area contributed by atoms with Crippen molar-refractivity contribution in [3.63, 3.8) is 0 Å². The fourth-order valence-electron chi connectivity index (χ4n) is 7.89. The van der Waals surface area contributed by atoms with Gasteiger partial charge in [0.25, 0.3) is 0 Å². The highest BCUT2D eigenvalue weighted by Gasteiger charge is 2.62. The second-order valence-electron chi connectivity index (χ2n) is 11.6. The number of rotatable bonds is 3. The zero-order valence-electron chi connectivity index (χ0n) is 22.3. The van der Waals surface area contributed by atoms with Gasteiger partial charge in [-0.1, -0.05) is 0 Å². The smallest absolute Gasteiger partial charge is 0.226 e. The van der Waals surface area contributed by atoms with Gasteiger partial charge in [-0.3, -0.25) is 19.4 Å². The number of ether oxygens (including phenoxy) is 4. The third kappa shape index (κ3) is 3.70. The van der Waals surface area contributed by atoms with E-state index < -0.39 is 54.7 Å². The van der Waals surface area contributed by atoms with Crippen LogP contribution in [-0.2, 0) is 28.5 Å². The third-order valence-corrected chi connectivity index (χ3v) is 9.31. The molecule has 3 unspecified atom stereocenters. The largest absolute Gasteiger partial charge is 0.492 e. The van der Waals surface area contributed by atoms with E-state index in [2.05, 4.69) is 5.32 Å². The summed E-state index contributed by atoms with van der Waals surface area (Å²) in [6, 6.07) is -2.35. The molecule has 6 aliphatic rings. The number of likely N-dealkylation sites (N-methyl/N-ethyl adjacent to an activating group) is 1. The summed E-state index contributed by atoms with van der Waals surface area (Å²) in [6.45, 7) is 3.46. The minimum Gasteiger partial charge on any atom is -0.492 e. The summed E-state index contributed by atoms with van der Waals surface area (Å²) in [5.41, 5.74) is 0.955. The van der Waals surface area contributed by atoms with Gasteiger partial charge in [0.1, 0.15) is 6.23 Å². The molecule has 210 valence electrons. The zero-order valence-corrected chi connectivity index (χ0v) is 22.3. The van der Waals surface area contributed by atoms with Crippen LogP contribution in [0.5, 0.6) is 0 Å². The first-order chi connectivity index (χ1) is 18.0. The van der Waals surface area contributed by atoms with Crippen molar-refractivity contribution in [3.05, 3.63) is 22.5 Å². The lowest BCUT2D eigenvalue weighted by molar-refractivity contribution is -0.355. The predicted octanol–water partition coefficient (Wildman–Crippen LogP) is -1.40. The molecule has 38 heavy (non-hydrogen) atoms. The molecule has 0 aromatic rings. The van der Waals surface area contributed by atoms with Gasteiger partial charge in [0.15, 0.2) is 29.9 Å². The lowest BCUT2D eigenvalue weighted by Gasteiger charge is -2.55. The lowest BCUT2D eigenvalue weighted by atomic mass is 9.75. The summed E-state index contributed by atoms with van der Waals surface area (Å²) in [5, 5.41) is 36.1. The van der Waals surface area contributed by atoms with Gasteiger partial charge in [0.05, 0.1) is 38.3 Å². The van der Waals surface area contributed by atoms with Crippen LogP contribution in [0.1, 0.15) is 33.1 Å². The summed E-state index contributed by atoms with van der Waals surface area (Å²) in [5.74, 6) is -2.79. The van der Waals surface area contributed by atoms with E-state index in [0.29, 0.717) is 17.6 Å². The van der Waals surface area contributed by atoms with Crippen LogP contribution >= 0.6 is 0 Å². The quantitative estimate of drug-likeness (QED) is 0.249. The summed E-state index contributed by atoms with van der Waals surface area (Å²) < 4.78 is 24.4. The van der Waals surface area contributed by atoms with Crippen molar-refractivity contribution in [2.24, 2.45) is 5.92 Å². The van der Waals surface area contributed by atoms with Crippen molar-refractivity contribution in [2.75, 3.05) is 27.8 Å². The van der Waals surface area contributed by atoms with E-state index in [1.165, 1.54) is 7.11 Å². The molecule has 5 aliphatic heterocycles. The molecule has 0 radical (unpaired) electrons. The Kier molecular flexibility index (Phi) is 6.38. The molecule has 12 heteroatoms. The monoisotopic (exact) mass is 535 g/mol. The molecule has 1 aliphatic carbocycles. The number of ketones is 2. The number of aliphatic hydroxyl groups is 3. The highest BCUT2D eigenvalue weighted by molar-refractivity contribution is 6.25. The normalized spacial score (nSPS) is 45.2. The van der Waals surface area contributed by atoms with E-state index >= 15 is 0 Å². The topological polar surface area (TPSA) is 150 Å². The maximum Gasteiger partial charge on any atom is 0.226 e. The van der Waals surface area contributed by atoms with E-state index in [1.807, 2.05) is 30.8 Å². The van der Waals surface area contributed by atoms with E-state index in [4.69, 9.17) is 18.9 Å². The summed E-state index contributed by atoms with van der Waals surface area (Å²) in [7, 11) is 5.07. The first kappa shape index (κ1) is 26.5. The molecule has 12 nitrogen and oxygen atoms in total. The Morgan fingerprint density at radius 3 is 2.63 bits per heavy atom. The van der Waals surface area contributed by atoms with E-state index in [9.17, 15) is 24.9 Å².